The molecule has 0 fully saturated rings. The van der Waals surface area contributed by atoms with Crippen LogP contribution in [0.3, 0.4) is 0 Å². The summed E-state index contributed by atoms with van der Waals surface area (Å²) >= 11 is 0. The molecule has 1 aromatic heterocycles. The maximum absolute atomic E-state index is 13.2. The third-order valence-electron chi connectivity index (χ3n) is 3.24. The van der Waals surface area contributed by atoms with E-state index < -0.39 is 5.82 Å². The molecule has 1 aromatic carbocycles. The van der Waals surface area contributed by atoms with Gasteiger partial charge in [-0.15, -0.1) is 0 Å². The molecule has 2 rings (SSSR count). The standard InChI is InChI=1S/C15H14FN3O/c1-9-8-19(3)10(2)14(9)15(20)18-12-4-5-13(16)11(6-12)7-17/h4-6,8H,1-3H3,(H,18,20). The number of rotatable bonds is 2. The van der Waals surface area contributed by atoms with Crippen molar-refractivity contribution in [2.24, 2.45) is 7.05 Å². The van der Waals surface area contributed by atoms with Crippen LogP contribution in [0.15, 0.2) is 24.4 Å². The van der Waals surface area contributed by atoms with Gasteiger partial charge in [-0.2, -0.15) is 5.26 Å². The van der Waals surface area contributed by atoms with Crippen molar-refractivity contribution >= 4 is 11.6 Å². The number of amides is 1. The summed E-state index contributed by atoms with van der Waals surface area (Å²) in [7, 11) is 1.87. The van der Waals surface area contributed by atoms with Gasteiger partial charge in [-0.3, -0.25) is 4.79 Å². The second-order valence-electron chi connectivity index (χ2n) is 4.64. The molecular formula is C15H14FN3O. The zero-order chi connectivity index (χ0) is 14.9. The molecule has 0 unspecified atom stereocenters. The summed E-state index contributed by atoms with van der Waals surface area (Å²) in [6.07, 6.45) is 1.87. The molecule has 1 N–H and O–H groups in total. The molecule has 102 valence electrons. The van der Waals surface area contributed by atoms with Gasteiger partial charge in [0.2, 0.25) is 0 Å². The molecule has 0 aliphatic carbocycles. The highest BCUT2D eigenvalue weighted by atomic mass is 19.1. The molecule has 0 saturated carbocycles. The van der Waals surface area contributed by atoms with Crippen molar-refractivity contribution in [2.75, 3.05) is 5.32 Å². The number of carbonyl (C=O) groups is 1. The minimum atomic E-state index is -0.599. The predicted molar refractivity (Wildman–Crippen MR) is 74.0 cm³/mol. The zero-order valence-corrected chi connectivity index (χ0v) is 11.5. The van der Waals surface area contributed by atoms with E-state index in [0.29, 0.717) is 11.3 Å². The number of hydrogen-bond donors (Lipinski definition) is 1. The lowest BCUT2D eigenvalue weighted by molar-refractivity contribution is 0.102. The van der Waals surface area contributed by atoms with Crippen molar-refractivity contribution in [2.45, 2.75) is 13.8 Å². The van der Waals surface area contributed by atoms with E-state index >= 15 is 0 Å². The first-order valence-electron chi connectivity index (χ1n) is 6.07. The van der Waals surface area contributed by atoms with Crippen LogP contribution in [-0.4, -0.2) is 10.5 Å². The SMILES string of the molecule is Cc1cn(C)c(C)c1C(=O)Nc1ccc(F)c(C#N)c1. The lowest BCUT2D eigenvalue weighted by Gasteiger charge is -2.07. The minimum Gasteiger partial charge on any atom is -0.354 e. The molecule has 0 atom stereocenters. The van der Waals surface area contributed by atoms with E-state index in [4.69, 9.17) is 5.26 Å². The van der Waals surface area contributed by atoms with Crippen molar-refractivity contribution < 1.29 is 9.18 Å². The Hall–Kier alpha value is -2.61. The van der Waals surface area contributed by atoms with Crippen molar-refractivity contribution in [3.05, 3.63) is 52.6 Å². The monoisotopic (exact) mass is 271 g/mol. The molecule has 4 nitrogen and oxygen atoms in total. The number of benzene rings is 1. The molecule has 1 amide bonds. The third kappa shape index (κ3) is 2.41. The Labute approximate surface area is 116 Å². The van der Waals surface area contributed by atoms with Crippen LogP contribution in [0.25, 0.3) is 0 Å². The number of aromatic nitrogens is 1. The molecule has 20 heavy (non-hydrogen) atoms. The van der Waals surface area contributed by atoms with Gasteiger partial charge >= 0.3 is 0 Å². The number of anilines is 1. The second kappa shape index (κ2) is 5.17. The van der Waals surface area contributed by atoms with Gasteiger partial charge in [0.05, 0.1) is 11.1 Å². The number of nitrogens with zero attached hydrogens (tertiary/aromatic N) is 2. The van der Waals surface area contributed by atoms with Crippen molar-refractivity contribution in [1.82, 2.24) is 4.57 Å². The van der Waals surface area contributed by atoms with Crippen LogP contribution in [0.1, 0.15) is 27.2 Å². The van der Waals surface area contributed by atoms with Crippen LogP contribution in [0.4, 0.5) is 10.1 Å². The van der Waals surface area contributed by atoms with Gasteiger partial charge in [0, 0.05) is 24.6 Å². The molecule has 0 aliphatic rings. The van der Waals surface area contributed by atoms with Crippen molar-refractivity contribution in [3.8, 4) is 6.07 Å². The first-order chi connectivity index (χ1) is 9.43. The Morgan fingerprint density at radius 3 is 2.65 bits per heavy atom. The quantitative estimate of drug-likeness (QED) is 0.913. The number of hydrogen-bond acceptors (Lipinski definition) is 2. The first kappa shape index (κ1) is 13.8. The molecule has 5 heteroatoms. The Kier molecular flexibility index (Phi) is 3.57. The topological polar surface area (TPSA) is 57.8 Å². The summed E-state index contributed by atoms with van der Waals surface area (Å²) in [5, 5.41) is 11.5. The number of carbonyl (C=O) groups excluding carboxylic acids is 1. The predicted octanol–water partition coefficient (Wildman–Crippen LogP) is 2.91. The fourth-order valence-electron chi connectivity index (χ4n) is 2.14. The van der Waals surface area contributed by atoms with E-state index in [0.717, 1.165) is 11.3 Å². The lowest BCUT2D eigenvalue weighted by atomic mass is 10.1. The Morgan fingerprint density at radius 2 is 2.10 bits per heavy atom. The summed E-state index contributed by atoms with van der Waals surface area (Å²) < 4.78 is 15.1. The third-order valence-corrected chi connectivity index (χ3v) is 3.24. The summed E-state index contributed by atoms with van der Waals surface area (Å²) in [4.78, 5) is 12.3. The average Bonchev–Trinajstić information content (AvgIpc) is 2.65. The van der Waals surface area contributed by atoms with Crippen molar-refractivity contribution in [3.63, 3.8) is 0 Å². The minimum absolute atomic E-state index is 0.0932. The molecule has 0 aliphatic heterocycles. The Bertz CT molecular complexity index is 725. The van der Waals surface area contributed by atoms with E-state index in [-0.39, 0.29) is 11.5 Å². The molecule has 2 aromatic rings. The highest BCUT2D eigenvalue weighted by Gasteiger charge is 2.16. The van der Waals surface area contributed by atoms with E-state index in [1.807, 2.05) is 31.7 Å². The smallest absolute Gasteiger partial charge is 0.257 e. The van der Waals surface area contributed by atoms with E-state index in [1.54, 1.807) is 6.07 Å². The van der Waals surface area contributed by atoms with E-state index in [2.05, 4.69) is 5.32 Å². The first-order valence-corrected chi connectivity index (χ1v) is 6.07. The highest BCUT2D eigenvalue weighted by molar-refractivity contribution is 6.06. The summed E-state index contributed by atoms with van der Waals surface area (Å²) in [5.74, 6) is -0.867. The molecule has 0 bridgehead atoms. The van der Waals surface area contributed by atoms with Gasteiger partial charge in [0.1, 0.15) is 11.9 Å². The maximum Gasteiger partial charge on any atom is 0.257 e. The molecule has 0 saturated heterocycles. The summed E-state index contributed by atoms with van der Waals surface area (Å²) in [6.45, 7) is 3.71. The Balaban J connectivity index is 2.31. The van der Waals surface area contributed by atoms with Gasteiger partial charge in [0.15, 0.2) is 0 Å². The van der Waals surface area contributed by atoms with E-state index in [9.17, 15) is 9.18 Å². The van der Waals surface area contributed by atoms with Gasteiger partial charge in [0.25, 0.3) is 5.91 Å². The van der Waals surface area contributed by atoms with Crippen LogP contribution in [-0.2, 0) is 7.05 Å². The second-order valence-corrected chi connectivity index (χ2v) is 4.64. The van der Waals surface area contributed by atoms with Crippen LogP contribution >= 0.6 is 0 Å². The molecule has 0 radical (unpaired) electrons. The van der Waals surface area contributed by atoms with Crippen LogP contribution in [0.2, 0.25) is 0 Å². The number of nitrogens with one attached hydrogen (secondary N) is 1. The largest absolute Gasteiger partial charge is 0.354 e. The fraction of sp³-hybridized carbons (Fsp3) is 0.200. The normalized spacial score (nSPS) is 10.2. The molecular weight excluding hydrogens is 257 g/mol. The zero-order valence-electron chi connectivity index (χ0n) is 11.5. The van der Waals surface area contributed by atoms with Gasteiger partial charge in [-0.25, -0.2) is 4.39 Å². The maximum atomic E-state index is 13.2. The highest BCUT2D eigenvalue weighted by Crippen LogP contribution is 2.19. The number of nitriles is 1. The lowest BCUT2D eigenvalue weighted by Crippen LogP contribution is -2.14. The summed E-state index contributed by atoms with van der Waals surface area (Å²) in [5.41, 5.74) is 2.61. The van der Waals surface area contributed by atoms with Gasteiger partial charge in [-0.1, -0.05) is 0 Å². The fourth-order valence-corrected chi connectivity index (χ4v) is 2.14. The van der Waals surface area contributed by atoms with E-state index in [1.165, 1.54) is 18.2 Å². The van der Waals surface area contributed by atoms with Crippen LogP contribution in [0, 0.1) is 31.0 Å². The molecule has 0 spiro atoms. The van der Waals surface area contributed by atoms with Crippen LogP contribution < -0.4 is 5.32 Å². The van der Waals surface area contributed by atoms with Gasteiger partial charge < -0.3 is 9.88 Å². The summed E-state index contributed by atoms with van der Waals surface area (Å²) in [6, 6.07) is 5.66. The van der Waals surface area contributed by atoms with Crippen LogP contribution in [0.5, 0.6) is 0 Å². The number of aryl methyl sites for hydroxylation is 2. The molecule has 1 heterocycles. The number of halogens is 1. The Morgan fingerprint density at radius 1 is 1.40 bits per heavy atom. The average molecular weight is 271 g/mol. The van der Waals surface area contributed by atoms with Gasteiger partial charge in [-0.05, 0) is 37.6 Å². The van der Waals surface area contributed by atoms with Crippen molar-refractivity contribution in [1.29, 1.82) is 5.26 Å².